The molecule has 0 radical (unpaired) electrons. The molecule has 4 aromatic heterocycles. The van der Waals surface area contributed by atoms with Crippen LogP contribution in [0.1, 0.15) is 52.9 Å². The normalized spacial score (nSPS) is 13.4. The van der Waals surface area contributed by atoms with Gasteiger partial charge in [0.1, 0.15) is 9.75 Å². The van der Waals surface area contributed by atoms with E-state index in [2.05, 4.69) is 21.2 Å². The SMILES string of the molecule is O=C(O)CCNC1(C(=O)O)CC=C([N+](=O)[O-])S1.O=C(O)c1cc([N+](=O)[O-])cs1.O=C(O)c1ccc([N+](=O)[O-])s1.O=C(O)c1csc(Br)c1.O=C(O)c1csc([N+](=O)[O-])c1. The van der Waals surface area contributed by atoms with Crippen LogP contribution >= 0.6 is 73.0 Å². The van der Waals surface area contributed by atoms with Gasteiger partial charge in [0.25, 0.3) is 5.69 Å². The maximum absolute atomic E-state index is 11.1. The van der Waals surface area contributed by atoms with Gasteiger partial charge in [-0.2, -0.15) is 0 Å². The maximum atomic E-state index is 11.1. The van der Waals surface area contributed by atoms with Gasteiger partial charge in [0.15, 0.2) is 4.87 Å². The molecule has 1 atom stereocenters. The average Bonchev–Trinajstić information content (AvgIpc) is 3.98. The van der Waals surface area contributed by atoms with Crippen LogP contribution in [0.5, 0.6) is 0 Å². The second kappa shape index (κ2) is 23.9. The lowest BCUT2D eigenvalue weighted by molar-refractivity contribution is -0.410. The van der Waals surface area contributed by atoms with Gasteiger partial charge in [0.05, 0.1) is 46.4 Å². The van der Waals surface area contributed by atoms with Gasteiger partial charge in [-0.1, -0.05) is 22.7 Å². The van der Waals surface area contributed by atoms with E-state index in [1.54, 1.807) is 11.4 Å². The lowest BCUT2D eigenvalue weighted by atomic mass is 10.2. The van der Waals surface area contributed by atoms with Crippen molar-refractivity contribution in [1.82, 2.24) is 5.32 Å². The van der Waals surface area contributed by atoms with Gasteiger partial charge in [0.2, 0.25) is 0 Å². The smallest absolute Gasteiger partial charge is 0.346 e. The lowest BCUT2D eigenvalue weighted by Gasteiger charge is -2.23. The fourth-order valence-corrected chi connectivity index (χ4v) is 7.53. The third-order valence-electron chi connectivity index (χ3n) is 5.93. The van der Waals surface area contributed by atoms with Crippen molar-refractivity contribution < 1.29 is 79.1 Å². The number of thioether (sulfide) groups is 1. The number of nitro groups is 4. The van der Waals surface area contributed by atoms with Gasteiger partial charge < -0.3 is 30.6 Å². The predicted molar refractivity (Wildman–Crippen MR) is 211 cm³/mol. The highest BCUT2D eigenvalue weighted by molar-refractivity contribution is 9.11. The maximum Gasteiger partial charge on any atom is 0.346 e. The molecule has 0 spiro atoms. The van der Waals surface area contributed by atoms with E-state index in [1.165, 1.54) is 40.3 Å². The molecule has 0 aromatic carbocycles. The summed E-state index contributed by atoms with van der Waals surface area (Å²) < 4.78 is 0.847. The van der Waals surface area contributed by atoms with Crippen molar-refractivity contribution in [2.24, 2.45) is 0 Å². The number of carbonyl (C=O) groups is 6. The summed E-state index contributed by atoms with van der Waals surface area (Å²) in [6, 6.07) is 6.03. The predicted octanol–water partition coefficient (Wildman–Crippen LogP) is 6.36. The van der Waals surface area contributed by atoms with Gasteiger partial charge in [0, 0.05) is 48.0 Å². The number of carboxylic acid groups (broad SMARTS) is 6. The average molecular weight is 989 g/mol. The molecule has 25 nitrogen and oxygen atoms in total. The van der Waals surface area contributed by atoms with Gasteiger partial charge in [-0.15, -0.1) is 22.7 Å². The Balaban J connectivity index is 0.000000375. The molecule has 316 valence electrons. The van der Waals surface area contributed by atoms with E-state index in [0.29, 0.717) is 28.7 Å². The third-order valence-corrected chi connectivity index (χ3v) is 11.6. The van der Waals surface area contributed by atoms with Crippen LogP contribution in [0.2, 0.25) is 0 Å². The summed E-state index contributed by atoms with van der Waals surface area (Å²) in [6.07, 6.45) is 0.916. The van der Waals surface area contributed by atoms with Crippen LogP contribution in [0.3, 0.4) is 0 Å². The Kier molecular flexibility index (Phi) is 20.5. The van der Waals surface area contributed by atoms with Crippen LogP contribution in [0.25, 0.3) is 0 Å². The zero-order valence-corrected chi connectivity index (χ0v) is 34.1. The molecule has 4 aromatic rings. The number of hydrogen-bond acceptors (Lipinski definition) is 20. The van der Waals surface area contributed by atoms with E-state index < -0.39 is 60.4 Å². The molecule has 0 saturated heterocycles. The van der Waals surface area contributed by atoms with Crippen LogP contribution in [0.4, 0.5) is 15.7 Å². The molecule has 0 aliphatic carbocycles. The molecule has 5 heterocycles. The first-order valence-corrected chi connectivity index (χ1v) is 19.6. The second-order valence-electron chi connectivity index (χ2n) is 9.92. The Hall–Kier alpha value is -6.25. The van der Waals surface area contributed by atoms with E-state index in [4.69, 9.17) is 30.6 Å². The van der Waals surface area contributed by atoms with Crippen LogP contribution in [0.15, 0.2) is 61.4 Å². The fourth-order valence-electron chi connectivity index (χ4n) is 3.32. The van der Waals surface area contributed by atoms with Crippen molar-refractivity contribution in [2.75, 3.05) is 6.54 Å². The Morgan fingerprint density at radius 2 is 1.24 bits per heavy atom. The standard InChI is InChI=1S/C8H10N2O6S.C5H3BrO2S.3C5H3NO4S/c11-6(12)2-4-9-8(7(13)14)3-1-5(17-8)10(15)16;6-4-1-3(2-9-4)5(7)8;7-5(8)4-1-3(2-11-4)6(9)10;7-5(8)3-1-4(6(9)10)11-2-3;7-5(8)3-1-2-4(11-3)6(9)10/h1,9H,2-4H2,(H,11,12)(H,13,14);1-2H,(H,7,8);3*1-2H,(H,7,8). The molecule has 0 amide bonds. The van der Waals surface area contributed by atoms with Crippen LogP contribution < -0.4 is 5.32 Å². The minimum Gasteiger partial charge on any atom is -0.481 e. The number of halogens is 1. The molecule has 7 N–H and O–H groups in total. The topological polar surface area (TPSA) is 408 Å². The number of nitrogens with zero attached hydrogens (tertiary/aromatic N) is 4. The van der Waals surface area contributed by atoms with Crippen molar-refractivity contribution in [1.29, 1.82) is 0 Å². The number of nitrogens with one attached hydrogen (secondary N) is 1. The van der Waals surface area contributed by atoms with E-state index in [1.807, 2.05) is 0 Å². The quantitative estimate of drug-likeness (QED) is 0.0566. The summed E-state index contributed by atoms with van der Waals surface area (Å²) in [7, 11) is 0. The number of hydrogen-bond donors (Lipinski definition) is 7. The highest BCUT2D eigenvalue weighted by atomic mass is 79.9. The first kappa shape index (κ1) is 50.8. The van der Waals surface area contributed by atoms with E-state index >= 15 is 0 Å². The first-order chi connectivity index (χ1) is 27.4. The molecular weight excluding hydrogens is 967 g/mol. The molecule has 59 heavy (non-hydrogen) atoms. The summed E-state index contributed by atoms with van der Waals surface area (Å²) in [6.45, 7) is -0.0620. The lowest BCUT2D eigenvalue weighted by Crippen LogP contribution is -2.48. The van der Waals surface area contributed by atoms with Crippen molar-refractivity contribution >= 4 is 125 Å². The van der Waals surface area contributed by atoms with Crippen molar-refractivity contribution in [2.45, 2.75) is 17.7 Å². The molecule has 31 heteroatoms. The summed E-state index contributed by atoms with van der Waals surface area (Å²) in [5.41, 5.74) is 0.126. The minimum atomic E-state index is -1.53. The summed E-state index contributed by atoms with van der Waals surface area (Å²) in [5.74, 6) is -6.61. The van der Waals surface area contributed by atoms with Gasteiger partial charge in [-0.25, -0.2) is 24.0 Å². The first-order valence-electron chi connectivity index (χ1n) is 14.5. The molecule has 0 saturated carbocycles. The van der Waals surface area contributed by atoms with Gasteiger partial charge in [-0.3, -0.25) is 50.6 Å². The zero-order chi connectivity index (χ0) is 45.2. The second-order valence-corrected chi connectivity index (χ2v) is 16.4. The molecule has 0 bridgehead atoms. The number of carboxylic acids is 6. The third kappa shape index (κ3) is 17.4. The van der Waals surface area contributed by atoms with Gasteiger partial charge in [-0.05, 0) is 39.8 Å². The van der Waals surface area contributed by atoms with E-state index in [9.17, 15) is 69.2 Å². The van der Waals surface area contributed by atoms with E-state index in [0.717, 1.165) is 38.6 Å². The Labute approximate surface area is 354 Å². The largest absolute Gasteiger partial charge is 0.481 e. The summed E-state index contributed by atoms with van der Waals surface area (Å²) in [4.78, 5) is 98.9. The minimum absolute atomic E-state index is 0.0169. The zero-order valence-electron chi connectivity index (χ0n) is 28.4. The van der Waals surface area contributed by atoms with Crippen LogP contribution in [-0.4, -0.2) is 97.6 Å². The van der Waals surface area contributed by atoms with Crippen molar-refractivity contribution in [3.8, 4) is 0 Å². The molecule has 5 rings (SSSR count). The molecule has 1 aliphatic heterocycles. The molecule has 1 unspecified atom stereocenters. The Morgan fingerprint density at radius 1 is 0.678 bits per heavy atom. The number of aromatic carboxylic acids is 4. The molecule has 0 fully saturated rings. The number of aliphatic carboxylic acids is 2. The number of rotatable bonds is 13. The van der Waals surface area contributed by atoms with E-state index in [-0.39, 0.29) is 55.4 Å². The summed E-state index contributed by atoms with van der Waals surface area (Å²) >= 11 is 7.41. The Bertz CT molecular complexity index is 2030. The Morgan fingerprint density at radius 3 is 1.54 bits per heavy atom. The van der Waals surface area contributed by atoms with Crippen molar-refractivity contribution in [3.05, 3.63) is 123 Å². The monoisotopic (exact) mass is 987 g/mol. The molecular formula is C28H22BrN5O20S5. The summed E-state index contributed by atoms with van der Waals surface area (Å²) in [5, 5.41) is 97.7. The van der Waals surface area contributed by atoms with Gasteiger partial charge >= 0.3 is 50.8 Å². The van der Waals surface area contributed by atoms with Crippen LogP contribution in [0, 0.1) is 40.5 Å². The highest BCUT2D eigenvalue weighted by Crippen LogP contribution is 2.40. The fraction of sp³-hybridized carbons (Fsp3) is 0.143. The highest BCUT2D eigenvalue weighted by Gasteiger charge is 2.47. The van der Waals surface area contributed by atoms with Crippen molar-refractivity contribution in [3.63, 3.8) is 0 Å². The molecule has 1 aliphatic rings. The van der Waals surface area contributed by atoms with Crippen LogP contribution in [-0.2, 0) is 9.59 Å². The number of thiophene rings is 4.